The first-order valence-corrected chi connectivity index (χ1v) is 20.8. The fourth-order valence-corrected chi connectivity index (χ4v) is 7.05. The van der Waals surface area contributed by atoms with Crippen LogP contribution in [-0.4, -0.2) is 47.3 Å². The Morgan fingerprint density at radius 1 is 0.485 bits per heavy atom. The summed E-state index contributed by atoms with van der Waals surface area (Å²) >= 11 is 23.8. The third kappa shape index (κ3) is 12.8. The van der Waals surface area contributed by atoms with E-state index in [0.717, 1.165) is 50.2 Å². The van der Waals surface area contributed by atoms with E-state index in [2.05, 4.69) is 41.7 Å². The molecule has 354 valence electrons. The number of azo groups is 2. The van der Waals surface area contributed by atoms with E-state index >= 15 is 0 Å². The highest BCUT2D eigenvalue weighted by molar-refractivity contribution is 6.35. The summed E-state index contributed by atoms with van der Waals surface area (Å²) in [5.74, 6) is -5.51. The van der Waals surface area contributed by atoms with Gasteiger partial charge in [-0.25, -0.2) is 0 Å². The Labute approximate surface area is 401 Å². The summed E-state index contributed by atoms with van der Waals surface area (Å²) < 4.78 is 82.0. The predicted octanol–water partition coefficient (Wildman–Crippen LogP) is 12.8. The first-order valence-electron chi connectivity index (χ1n) is 19.3. The molecule has 0 saturated heterocycles. The van der Waals surface area contributed by atoms with Crippen molar-refractivity contribution in [2.75, 3.05) is 21.3 Å². The van der Waals surface area contributed by atoms with Gasteiger partial charge in [0.1, 0.15) is 0 Å². The van der Waals surface area contributed by atoms with Crippen LogP contribution in [0.1, 0.15) is 56.8 Å². The zero-order valence-electron chi connectivity index (χ0n) is 35.3. The van der Waals surface area contributed by atoms with Crippen LogP contribution in [0.25, 0.3) is 0 Å². The number of benzene rings is 5. The van der Waals surface area contributed by atoms with E-state index in [1.807, 2.05) is 0 Å². The summed E-state index contributed by atoms with van der Waals surface area (Å²) in [6, 6.07) is 12.9. The van der Waals surface area contributed by atoms with Crippen molar-refractivity contribution in [3.8, 4) is 0 Å². The molecule has 0 aromatic heterocycles. The van der Waals surface area contributed by atoms with Gasteiger partial charge in [-0.3, -0.25) is 28.8 Å². The second-order valence-corrected chi connectivity index (χ2v) is 16.1. The number of rotatable bonds is 14. The SMILES string of the molecule is CC(=O)C(N=Nc1ccc(Cl)c(C(=O)Nc2cccc(Cl)c2C(F)(F)F)c1)C(=O)Nc1cc(C)c(NC(=O)C(N=Nc2ccc(Cl)c(C(=O)Nc3cccc(Cl)c3C(F)(F)F)c2)C(C)=O)cc1C. The molecule has 0 aliphatic heterocycles. The highest BCUT2D eigenvalue weighted by Gasteiger charge is 2.38. The monoisotopic (exact) mass is 1020 g/mol. The second-order valence-electron chi connectivity index (χ2n) is 14.5. The van der Waals surface area contributed by atoms with Gasteiger partial charge in [0.15, 0.2) is 11.6 Å². The number of carbonyl (C=O) groups is 6. The smallest absolute Gasteiger partial charge is 0.324 e. The van der Waals surface area contributed by atoms with Gasteiger partial charge in [-0.1, -0.05) is 58.5 Å². The fourth-order valence-electron chi connectivity index (χ4n) is 6.08. The van der Waals surface area contributed by atoms with Crippen LogP contribution in [-0.2, 0) is 31.5 Å². The molecule has 0 aliphatic carbocycles. The first kappa shape index (κ1) is 52.2. The minimum atomic E-state index is -4.91. The summed E-state index contributed by atoms with van der Waals surface area (Å²) in [7, 11) is 0. The van der Waals surface area contributed by atoms with E-state index < -0.39 is 92.2 Å². The van der Waals surface area contributed by atoms with E-state index in [-0.39, 0.29) is 43.9 Å². The molecule has 0 aliphatic rings. The minimum absolute atomic E-state index is 0.0996. The molecule has 5 aromatic rings. The third-order valence-corrected chi connectivity index (χ3v) is 10.7. The Kier molecular flexibility index (Phi) is 16.5. The van der Waals surface area contributed by atoms with Crippen molar-refractivity contribution in [1.29, 1.82) is 0 Å². The minimum Gasteiger partial charge on any atom is -0.324 e. The van der Waals surface area contributed by atoms with E-state index in [0.29, 0.717) is 11.1 Å². The highest BCUT2D eigenvalue weighted by atomic mass is 35.5. The van der Waals surface area contributed by atoms with Crippen LogP contribution in [0.5, 0.6) is 0 Å². The van der Waals surface area contributed by atoms with Crippen LogP contribution in [0.2, 0.25) is 20.1 Å². The van der Waals surface area contributed by atoms with Gasteiger partial charge in [-0.15, -0.1) is 0 Å². The molecule has 0 bridgehead atoms. The molecule has 24 heteroatoms. The number of hydrogen-bond acceptors (Lipinski definition) is 10. The molecule has 2 atom stereocenters. The number of anilines is 4. The number of nitrogens with one attached hydrogen (secondary N) is 4. The first-order chi connectivity index (χ1) is 31.8. The van der Waals surface area contributed by atoms with Crippen LogP contribution in [0, 0.1) is 13.8 Å². The number of nitrogens with zero attached hydrogens (tertiary/aromatic N) is 4. The van der Waals surface area contributed by atoms with Gasteiger partial charge < -0.3 is 21.3 Å². The molecule has 4 N–H and O–H groups in total. The normalized spacial score (nSPS) is 12.7. The van der Waals surface area contributed by atoms with Crippen molar-refractivity contribution in [3.63, 3.8) is 0 Å². The van der Waals surface area contributed by atoms with Crippen LogP contribution in [0.4, 0.5) is 60.5 Å². The van der Waals surface area contributed by atoms with Crippen molar-refractivity contribution < 1.29 is 55.1 Å². The zero-order valence-corrected chi connectivity index (χ0v) is 38.3. The largest absolute Gasteiger partial charge is 0.419 e. The van der Waals surface area contributed by atoms with Crippen LogP contribution in [0.15, 0.2) is 105 Å². The fraction of sp³-hybridized carbons (Fsp3) is 0.182. The van der Waals surface area contributed by atoms with Gasteiger partial charge in [-0.05, 0) is 112 Å². The number of halogens is 10. The molecule has 0 radical (unpaired) electrons. The van der Waals surface area contributed by atoms with Gasteiger partial charge in [-0.2, -0.15) is 46.8 Å². The van der Waals surface area contributed by atoms with Gasteiger partial charge >= 0.3 is 12.4 Å². The number of amides is 4. The van der Waals surface area contributed by atoms with Crippen molar-refractivity contribution in [1.82, 2.24) is 0 Å². The lowest BCUT2D eigenvalue weighted by Gasteiger charge is -2.16. The van der Waals surface area contributed by atoms with E-state index in [4.69, 9.17) is 46.4 Å². The van der Waals surface area contributed by atoms with Crippen molar-refractivity contribution in [2.45, 2.75) is 52.1 Å². The lowest BCUT2D eigenvalue weighted by atomic mass is 10.1. The molecule has 5 rings (SSSR count). The average molecular weight is 1020 g/mol. The Balaban J connectivity index is 1.28. The maximum absolute atomic E-state index is 13.7. The molecule has 68 heavy (non-hydrogen) atoms. The molecular formula is C44H32Cl4F6N8O6. The molecule has 14 nitrogen and oxygen atoms in total. The molecule has 2 unspecified atom stereocenters. The maximum atomic E-state index is 13.7. The summed E-state index contributed by atoms with van der Waals surface area (Å²) in [5, 5.41) is 23.2. The molecule has 0 spiro atoms. The molecule has 4 amide bonds. The van der Waals surface area contributed by atoms with Gasteiger partial charge in [0, 0.05) is 11.4 Å². The van der Waals surface area contributed by atoms with Crippen molar-refractivity contribution in [3.05, 3.63) is 138 Å². The van der Waals surface area contributed by atoms with Crippen LogP contribution >= 0.6 is 46.4 Å². The van der Waals surface area contributed by atoms with Crippen molar-refractivity contribution >= 4 is 116 Å². The Hall–Kier alpha value is -6.74. The standard InChI is InChI=1S/C44H32Cl4F6N8O6/c1-19-15-34(58-42(68)38(22(4)64)62-60-24-12-14-28(46)26(18-24)40(66)56-32-10-6-8-30(48)36(32)44(52,53)54)20(2)16-33(19)57-41(67)37(21(3)63)61-59-23-11-13-27(45)25(17-23)39(65)55-31-9-5-7-29(47)35(31)43(49,50)51/h5-18,37-38H,1-4H3,(H,55,65)(H,56,66)(H,57,67)(H,58,68). The molecular weight excluding hydrogens is 992 g/mol. The third-order valence-electron chi connectivity index (χ3n) is 9.41. The van der Waals surface area contributed by atoms with E-state index in [1.54, 1.807) is 13.8 Å². The lowest BCUT2D eigenvalue weighted by Crippen LogP contribution is -2.32. The quantitative estimate of drug-likeness (QED) is 0.0484. The number of aryl methyl sites for hydroxylation is 2. The van der Waals surface area contributed by atoms with Gasteiger partial charge in [0.2, 0.25) is 12.1 Å². The Morgan fingerprint density at radius 3 is 1.16 bits per heavy atom. The number of Topliss-reactive ketones (excluding diaryl/α,β-unsaturated/α-hetero) is 2. The maximum Gasteiger partial charge on any atom is 0.419 e. The van der Waals surface area contributed by atoms with Crippen LogP contribution < -0.4 is 21.3 Å². The number of ketones is 2. The molecule has 5 aromatic carbocycles. The van der Waals surface area contributed by atoms with E-state index in [9.17, 15) is 55.1 Å². The summed E-state index contributed by atoms with van der Waals surface area (Å²) in [6.45, 7) is 5.22. The molecule has 0 fully saturated rings. The predicted molar refractivity (Wildman–Crippen MR) is 243 cm³/mol. The Morgan fingerprint density at radius 2 is 0.838 bits per heavy atom. The second kappa shape index (κ2) is 21.5. The number of carbonyl (C=O) groups excluding carboxylic acids is 6. The highest BCUT2D eigenvalue weighted by Crippen LogP contribution is 2.41. The number of alkyl halides is 6. The van der Waals surface area contributed by atoms with Crippen molar-refractivity contribution in [2.24, 2.45) is 20.5 Å². The lowest BCUT2D eigenvalue weighted by molar-refractivity contribution is -0.137. The molecule has 0 saturated carbocycles. The molecule has 0 heterocycles. The summed E-state index contributed by atoms with van der Waals surface area (Å²) in [5.41, 5.74) is -3.62. The Bertz CT molecular complexity index is 2740. The average Bonchev–Trinajstić information content (AvgIpc) is 3.22. The van der Waals surface area contributed by atoms with Gasteiger partial charge in [0.25, 0.3) is 23.6 Å². The zero-order chi connectivity index (χ0) is 50.4. The van der Waals surface area contributed by atoms with E-state index in [1.165, 1.54) is 48.5 Å². The summed E-state index contributed by atoms with van der Waals surface area (Å²) in [4.78, 5) is 78.0. The summed E-state index contributed by atoms with van der Waals surface area (Å²) in [6.07, 6.45) is -9.82. The van der Waals surface area contributed by atoms with Crippen LogP contribution in [0.3, 0.4) is 0 Å². The topological polar surface area (TPSA) is 200 Å². The number of hydrogen-bond donors (Lipinski definition) is 4. The van der Waals surface area contributed by atoms with Gasteiger partial charge in [0.05, 0.1) is 65.1 Å².